The number of ether oxygens (including phenoxy) is 1. The lowest BCUT2D eigenvalue weighted by molar-refractivity contribution is -0.276. The Morgan fingerprint density at radius 1 is 1.24 bits per heavy atom. The third kappa shape index (κ3) is 3.95. The van der Waals surface area contributed by atoms with Crippen molar-refractivity contribution in [3.63, 3.8) is 0 Å². The minimum absolute atomic E-state index is 0.119. The summed E-state index contributed by atoms with van der Waals surface area (Å²) in [6, 6.07) is 8.06. The smallest absolute Gasteiger partial charge is 0.137 e. The van der Waals surface area contributed by atoms with Crippen molar-refractivity contribution in [2.75, 3.05) is 26.2 Å². The number of amides is 1. The van der Waals surface area contributed by atoms with Gasteiger partial charge in [0, 0.05) is 23.7 Å². The van der Waals surface area contributed by atoms with Gasteiger partial charge in [0.2, 0.25) is 0 Å². The number of halogens is 2. The number of nitrogens with zero attached hydrogens (tertiary/aromatic N) is 2. The van der Waals surface area contributed by atoms with Crippen LogP contribution in [0.4, 0.5) is 9.18 Å². The topological polar surface area (TPSA) is 55.8 Å². The molecule has 3 aliphatic heterocycles. The Morgan fingerprint density at radius 2 is 1.97 bits per heavy atom. The van der Waals surface area contributed by atoms with Gasteiger partial charge in [-0.1, -0.05) is 25.4 Å². The maximum Gasteiger partial charge on any atom is 0.137 e. The first-order valence-corrected chi connectivity index (χ1v) is 12.5. The average Bonchev–Trinajstić information content (AvgIpc) is 3.04. The maximum absolute atomic E-state index is 15.6. The molecule has 2 aromatic rings. The van der Waals surface area contributed by atoms with E-state index in [1.54, 1.807) is 23.1 Å². The molecule has 4 aliphatic rings. The Balaban J connectivity index is 1.54. The Hall–Kier alpha value is -2.31. The summed E-state index contributed by atoms with van der Waals surface area (Å²) in [5.74, 6) is 0.565. The van der Waals surface area contributed by atoms with E-state index in [0.717, 1.165) is 43.6 Å². The SMILES string of the molecule is CCOc1ccc(-c2cc3c(cc2F)[C@H](N(C(=O)[O-])[C@@H]2CN4CCC2CC4)C(C)(C)C3)c(Cl)c1. The number of hydrogen-bond acceptors (Lipinski definition) is 4. The number of benzene rings is 2. The number of hydrogen-bond donors (Lipinski definition) is 0. The van der Waals surface area contributed by atoms with Gasteiger partial charge in [-0.3, -0.25) is 0 Å². The highest BCUT2D eigenvalue weighted by Crippen LogP contribution is 2.52. The lowest BCUT2D eigenvalue weighted by Gasteiger charge is -2.53. The van der Waals surface area contributed by atoms with E-state index in [1.165, 1.54) is 6.07 Å². The van der Waals surface area contributed by atoms with Crippen molar-refractivity contribution < 1.29 is 19.0 Å². The lowest BCUT2D eigenvalue weighted by Crippen LogP contribution is -2.62. The molecule has 7 heteroatoms. The Morgan fingerprint density at radius 3 is 2.56 bits per heavy atom. The zero-order valence-electron chi connectivity index (χ0n) is 19.9. The molecule has 2 bridgehead atoms. The van der Waals surface area contributed by atoms with Crippen LogP contribution in [-0.2, 0) is 6.42 Å². The van der Waals surface area contributed by atoms with E-state index in [9.17, 15) is 9.90 Å². The summed E-state index contributed by atoms with van der Waals surface area (Å²) in [5, 5.41) is 13.0. The molecule has 34 heavy (non-hydrogen) atoms. The van der Waals surface area contributed by atoms with Gasteiger partial charge in [0.1, 0.15) is 17.7 Å². The van der Waals surface area contributed by atoms with Crippen molar-refractivity contribution in [2.45, 2.75) is 52.1 Å². The molecule has 5 nitrogen and oxygen atoms in total. The van der Waals surface area contributed by atoms with Gasteiger partial charge >= 0.3 is 0 Å². The molecule has 2 aromatic carbocycles. The van der Waals surface area contributed by atoms with Crippen molar-refractivity contribution in [3.05, 3.63) is 52.3 Å². The third-order valence-corrected chi connectivity index (χ3v) is 8.23. The first kappa shape index (κ1) is 23.4. The van der Waals surface area contributed by atoms with Gasteiger partial charge in [-0.05, 0) is 92.1 Å². The van der Waals surface area contributed by atoms with Gasteiger partial charge in [-0.25, -0.2) is 4.39 Å². The van der Waals surface area contributed by atoms with Crippen molar-refractivity contribution >= 4 is 17.7 Å². The van der Waals surface area contributed by atoms with Crippen LogP contribution >= 0.6 is 11.6 Å². The predicted octanol–water partition coefficient (Wildman–Crippen LogP) is 4.91. The second-order valence-corrected chi connectivity index (χ2v) is 11.0. The summed E-state index contributed by atoms with van der Waals surface area (Å²) in [5.41, 5.74) is 2.34. The number of rotatable bonds is 5. The number of piperidine rings is 3. The molecule has 1 aliphatic carbocycles. The van der Waals surface area contributed by atoms with Gasteiger partial charge in [0.05, 0.1) is 17.7 Å². The minimum atomic E-state index is -1.16. The van der Waals surface area contributed by atoms with Crippen LogP contribution in [0.15, 0.2) is 30.3 Å². The van der Waals surface area contributed by atoms with Gasteiger partial charge in [0.15, 0.2) is 0 Å². The highest BCUT2D eigenvalue weighted by Gasteiger charge is 2.48. The Labute approximate surface area is 205 Å². The molecule has 1 amide bonds. The molecular weight excluding hydrogens is 455 g/mol. The van der Waals surface area contributed by atoms with E-state index in [2.05, 4.69) is 18.7 Å². The standard InChI is InChI=1S/C27H32ClFN2O3/c1-4-34-18-5-6-19(22(28)12-18)21-11-17-14-27(2,3)25(20(17)13-23(21)29)31(26(32)33)24-15-30-9-7-16(24)8-10-30/h5-6,11-13,16,24-25H,4,7-10,14-15H2,1-3H3,(H,32,33)/p-1/t24-,25+/m1/s1. The number of fused-ring (bicyclic) bond motifs is 4. The van der Waals surface area contributed by atoms with Crippen molar-refractivity contribution in [2.24, 2.45) is 11.3 Å². The van der Waals surface area contributed by atoms with Crippen molar-refractivity contribution in [1.82, 2.24) is 9.80 Å². The summed E-state index contributed by atoms with van der Waals surface area (Å²) in [6.07, 6.45) is 1.49. The summed E-state index contributed by atoms with van der Waals surface area (Å²) in [6.45, 7) is 9.32. The van der Waals surface area contributed by atoms with Crippen LogP contribution in [0.3, 0.4) is 0 Å². The maximum atomic E-state index is 15.6. The molecule has 2 atom stereocenters. The molecule has 0 spiro atoms. The fourth-order valence-corrected chi connectivity index (χ4v) is 6.71. The predicted molar refractivity (Wildman–Crippen MR) is 128 cm³/mol. The zero-order chi connectivity index (χ0) is 24.2. The third-order valence-electron chi connectivity index (χ3n) is 7.92. The van der Waals surface area contributed by atoms with E-state index >= 15 is 4.39 Å². The van der Waals surface area contributed by atoms with Gasteiger partial charge < -0.3 is 24.4 Å². The van der Waals surface area contributed by atoms with Gasteiger partial charge in [-0.2, -0.15) is 0 Å². The highest BCUT2D eigenvalue weighted by molar-refractivity contribution is 6.33. The molecule has 0 N–H and O–H groups in total. The molecule has 0 unspecified atom stereocenters. The van der Waals surface area contributed by atoms with Crippen molar-refractivity contribution in [1.29, 1.82) is 0 Å². The number of carbonyl (C=O) groups is 1. The summed E-state index contributed by atoms with van der Waals surface area (Å²) in [7, 11) is 0. The van der Waals surface area contributed by atoms with Crippen LogP contribution in [0.2, 0.25) is 5.02 Å². The van der Waals surface area contributed by atoms with E-state index in [1.807, 2.05) is 13.0 Å². The molecule has 0 saturated carbocycles. The van der Waals surface area contributed by atoms with Crippen LogP contribution in [0, 0.1) is 17.2 Å². The molecule has 182 valence electrons. The second kappa shape index (κ2) is 8.72. The van der Waals surface area contributed by atoms with E-state index in [-0.39, 0.29) is 11.5 Å². The zero-order valence-corrected chi connectivity index (χ0v) is 20.7. The normalized spacial score (nSPS) is 26.9. The fraction of sp³-hybridized carbons (Fsp3) is 0.519. The molecule has 3 heterocycles. The molecular formula is C27H31ClFN2O3-. The summed E-state index contributed by atoms with van der Waals surface area (Å²) < 4.78 is 21.1. The molecule has 3 saturated heterocycles. The van der Waals surface area contributed by atoms with E-state index in [4.69, 9.17) is 16.3 Å². The van der Waals surface area contributed by atoms with Crippen LogP contribution in [0.5, 0.6) is 5.75 Å². The Bertz CT molecular complexity index is 1110. The average molecular weight is 486 g/mol. The summed E-state index contributed by atoms with van der Waals surface area (Å²) >= 11 is 6.49. The quantitative estimate of drug-likeness (QED) is 0.604. The number of carboxylic acid groups (broad SMARTS) is 1. The molecule has 3 fully saturated rings. The van der Waals surface area contributed by atoms with Crippen LogP contribution < -0.4 is 9.84 Å². The summed E-state index contributed by atoms with van der Waals surface area (Å²) in [4.78, 5) is 16.4. The van der Waals surface area contributed by atoms with Crippen LogP contribution in [-0.4, -0.2) is 48.2 Å². The number of carbonyl (C=O) groups excluding carboxylic acids is 1. The first-order valence-electron chi connectivity index (χ1n) is 12.2. The molecule has 0 radical (unpaired) electrons. The largest absolute Gasteiger partial charge is 0.530 e. The molecule has 6 rings (SSSR count). The van der Waals surface area contributed by atoms with Gasteiger partial charge in [0.25, 0.3) is 0 Å². The first-order chi connectivity index (χ1) is 16.2. The van der Waals surface area contributed by atoms with Gasteiger partial charge in [-0.15, -0.1) is 0 Å². The minimum Gasteiger partial charge on any atom is -0.530 e. The highest BCUT2D eigenvalue weighted by atomic mass is 35.5. The van der Waals surface area contributed by atoms with Crippen LogP contribution in [0.1, 0.15) is 50.8 Å². The van der Waals surface area contributed by atoms with Crippen molar-refractivity contribution in [3.8, 4) is 16.9 Å². The van der Waals surface area contributed by atoms with E-state index in [0.29, 0.717) is 40.8 Å². The monoisotopic (exact) mass is 485 g/mol. The van der Waals surface area contributed by atoms with Crippen LogP contribution in [0.25, 0.3) is 11.1 Å². The fourth-order valence-electron chi connectivity index (χ4n) is 6.43. The molecule has 0 aromatic heterocycles. The second-order valence-electron chi connectivity index (χ2n) is 10.6. The lowest BCUT2D eigenvalue weighted by atomic mass is 9.79. The van der Waals surface area contributed by atoms with E-state index < -0.39 is 18.0 Å². The Kier molecular flexibility index (Phi) is 6.01.